The summed E-state index contributed by atoms with van der Waals surface area (Å²) in [5.41, 5.74) is 3.58. The van der Waals surface area contributed by atoms with Crippen LogP contribution in [0.2, 0.25) is 5.02 Å². The van der Waals surface area contributed by atoms with Gasteiger partial charge in [0.1, 0.15) is 6.04 Å². The minimum Gasteiger partial charge on any atom is -0.463 e. The maximum atomic E-state index is 13.3. The van der Waals surface area contributed by atoms with Crippen molar-refractivity contribution in [3.63, 3.8) is 0 Å². The van der Waals surface area contributed by atoms with E-state index in [0.29, 0.717) is 27.9 Å². The summed E-state index contributed by atoms with van der Waals surface area (Å²) in [5.74, 6) is -0.698. The first-order valence-corrected chi connectivity index (χ1v) is 9.91. The van der Waals surface area contributed by atoms with Crippen LogP contribution in [0.5, 0.6) is 0 Å². The van der Waals surface area contributed by atoms with E-state index in [1.54, 1.807) is 31.2 Å². The third-order valence-electron chi connectivity index (χ3n) is 4.96. The second kappa shape index (κ2) is 8.23. The molecule has 0 bridgehead atoms. The van der Waals surface area contributed by atoms with Crippen LogP contribution in [0, 0.1) is 6.92 Å². The van der Waals surface area contributed by atoms with Gasteiger partial charge in [0, 0.05) is 16.4 Å². The van der Waals surface area contributed by atoms with Crippen LogP contribution in [-0.2, 0) is 9.53 Å². The van der Waals surface area contributed by atoms with Crippen molar-refractivity contribution >= 4 is 35.1 Å². The van der Waals surface area contributed by atoms with Crippen molar-refractivity contribution in [1.82, 2.24) is 14.8 Å². The smallest absolute Gasteiger partial charge is 0.378 e. The average Bonchev–Trinajstić information content (AvgIpc) is 3.18. The van der Waals surface area contributed by atoms with E-state index in [2.05, 4.69) is 20.7 Å². The zero-order chi connectivity index (χ0) is 22.1. The third kappa shape index (κ3) is 4.02. The Kier molecular flexibility index (Phi) is 5.48. The summed E-state index contributed by atoms with van der Waals surface area (Å²) >= 11 is 5.94. The monoisotopic (exact) mass is 437 g/mol. The van der Waals surface area contributed by atoms with Gasteiger partial charge in [-0.05, 0) is 43.7 Å². The number of amides is 1. The Hall–Kier alpha value is -3.65. The summed E-state index contributed by atoms with van der Waals surface area (Å²) in [4.78, 5) is 29.6. The first-order valence-electron chi connectivity index (χ1n) is 9.53. The third-order valence-corrected chi connectivity index (χ3v) is 5.21. The van der Waals surface area contributed by atoms with Gasteiger partial charge in [0.15, 0.2) is 0 Å². The highest BCUT2D eigenvalue weighted by atomic mass is 35.5. The molecular weight excluding hydrogens is 418 g/mol. The van der Waals surface area contributed by atoms with Crippen LogP contribution in [0.25, 0.3) is 0 Å². The first kappa shape index (κ1) is 20.6. The molecule has 2 heterocycles. The number of anilines is 2. The Bertz CT molecular complexity index is 1180. The molecule has 3 aromatic rings. The molecule has 0 saturated heterocycles. The quantitative estimate of drug-likeness (QED) is 0.599. The lowest BCUT2D eigenvalue weighted by Gasteiger charge is -2.28. The van der Waals surface area contributed by atoms with E-state index < -0.39 is 12.0 Å². The van der Waals surface area contributed by atoms with E-state index in [1.165, 1.54) is 11.8 Å². The number of halogens is 1. The Labute approximate surface area is 183 Å². The highest BCUT2D eigenvalue weighted by molar-refractivity contribution is 6.30. The van der Waals surface area contributed by atoms with Crippen LogP contribution >= 0.6 is 11.6 Å². The number of hydrogen-bond donors (Lipinski definition) is 2. The van der Waals surface area contributed by atoms with Gasteiger partial charge in [0.05, 0.1) is 12.7 Å². The number of fused-ring (bicyclic) bond motifs is 1. The van der Waals surface area contributed by atoms with E-state index in [-0.39, 0.29) is 11.7 Å². The van der Waals surface area contributed by atoms with Crippen molar-refractivity contribution in [2.24, 2.45) is 0 Å². The zero-order valence-electron chi connectivity index (χ0n) is 17.1. The molecule has 1 aromatic heterocycles. The van der Waals surface area contributed by atoms with E-state index in [0.717, 1.165) is 11.1 Å². The van der Waals surface area contributed by atoms with Crippen molar-refractivity contribution in [1.29, 1.82) is 0 Å². The largest absolute Gasteiger partial charge is 0.463 e. The first-order chi connectivity index (χ1) is 14.9. The number of benzene rings is 2. The number of aromatic nitrogens is 3. The Balaban J connectivity index is 1.78. The number of esters is 1. The number of allylic oxidation sites excluding steroid dienone is 1. The van der Waals surface area contributed by atoms with Gasteiger partial charge >= 0.3 is 5.97 Å². The summed E-state index contributed by atoms with van der Waals surface area (Å²) in [6.07, 6.45) is 0. The van der Waals surface area contributed by atoms with Crippen LogP contribution in [0.1, 0.15) is 34.7 Å². The number of nitrogens with one attached hydrogen (secondary N) is 2. The molecule has 158 valence electrons. The standard InChI is InChI=1S/C22H20ClN5O3/c1-12-4-6-14(7-5-12)18-17(20(29)25-16-10-8-15(23)9-11-16)13(2)24-22-26-19(21(30)31-3)27-28(18)22/h4-11,18H,1-3H3,(H,25,29)(H,24,26,27)/t18-/m0/s1. The number of ether oxygens (including phenoxy) is 1. The number of rotatable bonds is 4. The van der Waals surface area contributed by atoms with Gasteiger partial charge < -0.3 is 15.4 Å². The molecule has 0 unspecified atom stereocenters. The van der Waals surface area contributed by atoms with Gasteiger partial charge in [-0.15, -0.1) is 5.10 Å². The van der Waals surface area contributed by atoms with E-state index in [9.17, 15) is 9.59 Å². The molecule has 0 saturated carbocycles. The molecule has 9 heteroatoms. The van der Waals surface area contributed by atoms with Gasteiger partial charge in [-0.25, -0.2) is 9.48 Å². The van der Waals surface area contributed by atoms with E-state index in [4.69, 9.17) is 16.3 Å². The zero-order valence-corrected chi connectivity index (χ0v) is 17.9. The normalized spacial score (nSPS) is 15.2. The van der Waals surface area contributed by atoms with Crippen LogP contribution in [0.4, 0.5) is 11.6 Å². The fourth-order valence-electron chi connectivity index (χ4n) is 3.41. The summed E-state index contributed by atoms with van der Waals surface area (Å²) in [7, 11) is 1.27. The van der Waals surface area contributed by atoms with Gasteiger partial charge in [-0.1, -0.05) is 41.4 Å². The maximum absolute atomic E-state index is 13.3. The van der Waals surface area contributed by atoms with Gasteiger partial charge in [0.25, 0.3) is 11.7 Å². The molecule has 1 aliphatic heterocycles. The van der Waals surface area contributed by atoms with Crippen molar-refractivity contribution in [3.05, 3.63) is 81.8 Å². The van der Waals surface area contributed by atoms with Crippen molar-refractivity contribution in [2.45, 2.75) is 19.9 Å². The number of hydrogen-bond acceptors (Lipinski definition) is 6. The Morgan fingerprint density at radius 2 is 1.77 bits per heavy atom. The number of carbonyl (C=O) groups excluding carboxylic acids is 2. The van der Waals surface area contributed by atoms with E-state index in [1.807, 2.05) is 31.2 Å². The summed E-state index contributed by atoms with van der Waals surface area (Å²) in [6, 6.07) is 14.0. The number of methoxy groups -OCH3 is 1. The highest BCUT2D eigenvalue weighted by Gasteiger charge is 2.35. The predicted octanol–water partition coefficient (Wildman–Crippen LogP) is 3.95. The molecule has 0 aliphatic carbocycles. The van der Waals surface area contributed by atoms with Crippen molar-refractivity contribution < 1.29 is 14.3 Å². The molecule has 0 radical (unpaired) electrons. The predicted molar refractivity (Wildman–Crippen MR) is 117 cm³/mol. The topological polar surface area (TPSA) is 98.1 Å². The fourth-order valence-corrected chi connectivity index (χ4v) is 3.54. The molecule has 4 rings (SSSR count). The van der Waals surface area contributed by atoms with Gasteiger partial charge in [-0.3, -0.25) is 4.79 Å². The molecule has 8 nitrogen and oxygen atoms in total. The summed E-state index contributed by atoms with van der Waals surface area (Å²) in [5, 5.41) is 10.9. The SMILES string of the molecule is COC(=O)c1nc2n(n1)[C@@H](c1ccc(C)cc1)C(C(=O)Nc1ccc(Cl)cc1)=C(C)N2. The highest BCUT2D eigenvalue weighted by Crippen LogP contribution is 2.35. The Morgan fingerprint density at radius 1 is 1.10 bits per heavy atom. The number of carbonyl (C=O) groups is 2. The molecule has 1 atom stereocenters. The van der Waals surface area contributed by atoms with Crippen LogP contribution in [0.3, 0.4) is 0 Å². The summed E-state index contributed by atoms with van der Waals surface area (Å²) in [6.45, 7) is 3.77. The molecule has 1 aliphatic rings. The molecule has 0 fully saturated rings. The minimum atomic E-state index is -0.656. The van der Waals surface area contributed by atoms with Crippen LogP contribution in [0.15, 0.2) is 59.8 Å². The van der Waals surface area contributed by atoms with Crippen LogP contribution < -0.4 is 10.6 Å². The molecule has 0 spiro atoms. The molecule has 1 amide bonds. The average molecular weight is 438 g/mol. The maximum Gasteiger partial charge on any atom is 0.378 e. The number of nitrogens with zero attached hydrogens (tertiary/aromatic N) is 3. The lowest BCUT2D eigenvalue weighted by molar-refractivity contribution is -0.113. The van der Waals surface area contributed by atoms with Crippen LogP contribution in [-0.4, -0.2) is 33.8 Å². The minimum absolute atomic E-state index is 0.0886. The fraction of sp³-hybridized carbons (Fsp3) is 0.182. The molecular formula is C22H20ClN5O3. The molecule has 2 N–H and O–H groups in total. The lowest BCUT2D eigenvalue weighted by atomic mass is 9.94. The van der Waals surface area contributed by atoms with E-state index >= 15 is 0 Å². The Morgan fingerprint density at radius 3 is 2.42 bits per heavy atom. The van der Waals surface area contributed by atoms with Crippen molar-refractivity contribution in [3.8, 4) is 0 Å². The van der Waals surface area contributed by atoms with Gasteiger partial charge in [0.2, 0.25) is 5.95 Å². The van der Waals surface area contributed by atoms with Gasteiger partial charge in [-0.2, -0.15) is 4.98 Å². The lowest BCUT2D eigenvalue weighted by Crippen LogP contribution is -2.31. The second-order valence-electron chi connectivity index (χ2n) is 7.13. The molecule has 2 aromatic carbocycles. The van der Waals surface area contributed by atoms with Crippen molar-refractivity contribution in [2.75, 3.05) is 17.7 Å². The number of aryl methyl sites for hydroxylation is 1. The summed E-state index contributed by atoms with van der Waals surface area (Å²) < 4.78 is 6.28. The second-order valence-corrected chi connectivity index (χ2v) is 7.57. The molecule has 31 heavy (non-hydrogen) atoms.